The summed E-state index contributed by atoms with van der Waals surface area (Å²) in [6.45, 7) is 5.47. The summed E-state index contributed by atoms with van der Waals surface area (Å²) in [5.74, 6) is 0.873. The Kier molecular flexibility index (Phi) is 6.10. The van der Waals surface area contributed by atoms with Gasteiger partial charge in [-0.2, -0.15) is 5.10 Å². The van der Waals surface area contributed by atoms with Gasteiger partial charge in [-0.05, 0) is 56.2 Å². The van der Waals surface area contributed by atoms with Crippen LogP contribution in [0.2, 0.25) is 0 Å². The van der Waals surface area contributed by atoms with Crippen molar-refractivity contribution < 1.29 is 9.90 Å². The van der Waals surface area contributed by atoms with E-state index >= 15 is 0 Å². The molecule has 5 N–H and O–H groups in total. The Hall–Kier alpha value is -3.13. The predicted octanol–water partition coefficient (Wildman–Crippen LogP) is 2.08. The van der Waals surface area contributed by atoms with Crippen molar-refractivity contribution in [2.45, 2.75) is 44.8 Å². The van der Waals surface area contributed by atoms with Crippen molar-refractivity contribution in [3.63, 3.8) is 0 Å². The first kappa shape index (κ1) is 19.6. The molecule has 0 saturated heterocycles. The summed E-state index contributed by atoms with van der Waals surface area (Å²) in [6.07, 6.45) is 7.87. The molecule has 1 amide bonds. The second kappa shape index (κ2) is 8.71. The molecule has 0 spiro atoms. The van der Waals surface area contributed by atoms with E-state index in [1.165, 1.54) is 13.1 Å². The Morgan fingerprint density at radius 2 is 2.14 bits per heavy atom. The lowest BCUT2D eigenvalue weighted by Gasteiger charge is -2.26. The Morgan fingerprint density at radius 1 is 1.39 bits per heavy atom. The van der Waals surface area contributed by atoms with E-state index in [9.17, 15) is 9.90 Å². The number of aliphatic imine (C=N–C) groups is 1. The number of benzene rings is 1. The molecule has 1 heterocycles. The topological polar surface area (TPSA) is 118 Å². The molecule has 148 valence electrons. The number of allylic oxidation sites excluding steroid dienone is 1. The molecule has 1 aliphatic carbocycles. The smallest absolute Gasteiger partial charge is 0.221 e. The fraction of sp³-hybridized carbons (Fsp3) is 0.350. The van der Waals surface area contributed by atoms with Gasteiger partial charge in [0.15, 0.2) is 5.84 Å². The number of aliphatic hydroxyl groups is 1. The molecule has 0 radical (unpaired) electrons. The Morgan fingerprint density at radius 3 is 2.82 bits per heavy atom. The van der Waals surface area contributed by atoms with Crippen molar-refractivity contribution in [1.82, 2.24) is 15.1 Å². The van der Waals surface area contributed by atoms with Crippen LogP contribution in [0.3, 0.4) is 0 Å². The fourth-order valence-electron chi connectivity index (χ4n) is 3.35. The minimum Gasteiger partial charge on any atom is -0.404 e. The van der Waals surface area contributed by atoms with Gasteiger partial charge in [0.2, 0.25) is 5.91 Å². The van der Waals surface area contributed by atoms with Gasteiger partial charge in [0, 0.05) is 24.0 Å². The average molecular weight is 382 g/mol. The molecule has 8 nitrogen and oxygen atoms in total. The number of nitrogens with one attached hydrogen (secondary N) is 2. The lowest BCUT2D eigenvalue weighted by molar-refractivity contribution is -0.114. The van der Waals surface area contributed by atoms with Crippen molar-refractivity contribution in [2.75, 3.05) is 5.32 Å². The molecule has 0 unspecified atom stereocenters. The van der Waals surface area contributed by atoms with Crippen molar-refractivity contribution in [1.29, 1.82) is 0 Å². The number of rotatable bonds is 5. The van der Waals surface area contributed by atoms with Crippen molar-refractivity contribution in [3.05, 3.63) is 49.1 Å². The third-order valence-electron chi connectivity index (χ3n) is 4.67. The molecular weight excluding hydrogens is 356 g/mol. The van der Waals surface area contributed by atoms with Crippen molar-refractivity contribution in [2.24, 2.45) is 10.7 Å². The van der Waals surface area contributed by atoms with Gasteiger partial charge in [-0.25, -0.2) is 9.67 Å². The zero-order valence-electron chi connectivity index (χ0n) is 15.9. The molecular formula is C20H26N6O2. The molecule has 1 aliphatic rings. The summed E-state index contributed by atoms with van der Waals surface area (Å²) in [5, 5.41) is 21.0. The summed E-state index contributed by atoms with van der Waals surface area (Å²) < 4.78 is 1.65. The highest BCUT2D eigenvalue weighted by Gasteiger charge is 2.19. The van der Waals surface area contributed by atoms with Crippen LogP contribution in [0.5, 0.6) is 0 Å². The predicted molar refractivity (Wildman–Crippen MR) is 111 cm³/mol. The van der Waals surface area contributed by atoms with Crippen LogP contribution < -0.4 is 16.4 Å². The van der Waals surface area contributed by atoms with Crippen LogP contribution in [-0.2, 0) is 4.79 Å². The third-order valence-corrected chi connectivity index (χ3v) is 4.67. The Labute approximate surface area is 163 Å². The van der Waals surface area contributed by atoms with E-state index in [4.69, 9.17) is 5.73 Å². The number of aromatic nitrogens is 2. The second-order valence-electron chi connectivity index (χ2n) is 6.94. The van der Waals surface area contributed by atoms with E-state index in [2.05, 4.69) is 27.3 Å². The van der Waals surface area contributed by atoms with E-state index < -0.39 is 0 Å². The number of hydrogen-bond donors (Lipinski definition) is 4. The number of carbonyl (C=O) groups excluding carboxylic acids is 1. The molecule has 1 saturated carbocycles. The van der Waals surface area contributed by atoms with Crippen LogP contribution in [0.1, 0.15) is 32.6 Å². The zero-order valence-corrected chi connectivity index (χ0v) is 15.9. The lowest BCUT2D eigenvalue weighted by Crippen LogP contribution is -2.33. The monoisotopic (exact) mass is 382 g/mol. The van der Waals surface area contributed by atoms with Gasteiger partial charge < -0.3 is 21.5 Å². The van der Waals surface area contributed by atoms with Crippen molar-refractivity contribution >= 4 is 28.3 Å². The Balaban J connectivity index is 1.85. The zero-order chi connectivity index (χ0) is 20.1. The molecule has 8 heteroatoms. The van der Waals surface area contributed by atoms with Gasteiger partial charge in [0.25, 0.3) is 0 Å². The number of amides is 1. The standard InChI is InChI=1S/C20H26N6O2/c1-13(23-16-5-7-18(28)8-6-16)24-20(9-10-21)26-19-11-17(25-14(2)27)4-3-15(19)12-22-26/h3-4,9-12,16,18,23,28H,1,5-8,21H2,2H3,(H,25,27)/b10-9-,24-20+. The maximum absolute atomic E-state index is 11.3. The fourth-order valence-corrected chi connectivity index (χ4v) is 3.35. The maximum Gasteiger partial charge on any atom is 0.221 e. The minimum atomic E-state index is -0.209. The first-order chi connectivity index (χ1) is 13.5. The summed E-state index contributed by atoms with van der Waals surface area (Å²) in [4.78, 5) is 15.9. The molecule has 3 rings (SSSR count). The highest BCUT2D eigenvalue weighted by atomic mass is 16.3. The normalized spacial score (nSPS) is 20.4. The number of anilines is 1. The quantitative estimate of drug-likeness (QED) is 0.466. The first-order valence-electron chi connectivity index (χ1n) is 9.32. The molecule has 1 fully saturated rings. The van der Waals surface area contributed by atoms with E-state index in [-0.39, 0.29) is 18.1 Å². The lowest BCUT2D eigenvalue weighted by atomic mass is 9.93. The maximum atomic E-state index is 11.3. The van der Waals surface area contributed by atoms with Gasteiger partial charge in [-0.1, -0.05) is 6.58 Å². The number of aliphatic hydroxyl groups excluding tert-OH is 1. The summed E-state index contributed by atoms with van der Waals surface area (Å²) >= 11 is 0. The number of fused-ring (bicyclic) bond motifs is 1. The molecule has 1 aromatic heterocycles. The van der Waals surface area contributed by atoms with Crippen molar-refractivity contribution in [3.8, 4) is 0 Å². The van der Waals surface area contributed by atoms with E-state index in [1.807, 2.05) is 18.2 Å². The third kappa shape index (κ3) is 4.77. The van der Waals surface area contributed by atoms with Crippen LogP contribution in [0.25, 0.3) is 10.9 Å². The largest absolute Gasteiger partial charge is 0.404 e. The summed E-state index contributed by atoms with van der Waals surface area (Å²) in [7, 11) is 0. The van der Waals surface area contributed by atoms with Crippen LogP contribution in [0, 0.1) is 0 Å². The van der Waals surface area contributed by atoms with Crippen LogP contribution in [0.4, 0.5) is 5.69 Å². The minimum absolute atomic E-state index is 0.142. The van der Waals surface area contributed by atoms with E-state index in [1.54, 1.807) is 17.0 Å². The second-order valence-corrected chi connectivity index (χ2v) is 6.94. The van der Waals surface area contributed by atoms with E-state index in [0.29, 0.717) is 17.3 Å². The van der Waals surface area contributed by atoms with Crippen LogP contribution >= 0.6 is 0 Å². The van der Waals surface area contributed by atoms with Crippen LogP contribution in [0.15, 0.2) is 54.1 Å². The Bertz CT molecular complexity index is 922. The molecule has 28 heavy (non-hydrogen) atoms. The highest BCUT2D eigenvalue weighted by molar-refractivity contribution is 6.02. The first-order valence-corrected chi connectivity index (χ1v) is 9.32. The van der Waals surface area contributed by atoms with Gasteiger partial charge in [-0.3, -0.25) is 4.79 Å². The highest BCUT2D eigenvalue weighted by Crippen LogP contribution is 2.21. The van der Waals surface area contributed by atoms with Crippen LogP contribution in [-0.4, -0.2) is 38.8 Å². The summed E-state index contributed by atoms with van der Waals surface area (Å²) in [5.41, 5.74) is 7.08. The summed E-state index contributed by atoms with van der Waals surface area (Å²) in [6, 6.07) is 5.78. The van der Waals surface area contributed by atoms with Gasteiger partial charge in [0.1, 0.15) is 5.82 Å². The molecule has 0 atom stereocenters. The van der Waals surface area contributed by atoms with Gasteiger partial charge in [-0.15, -0.1) is 0 Å². The number of hydrogen-bond acceptors (Lipinski definition) is 6. The van der Waals surface area contributed by atoms with Gasteiger partial charge >= 0.3 is 0 Å². The SMILES string of the molecule is C=C(/N=C(\C=C/N)n1ncc2ccc(NC(C)=O)cc21)NC1CCC(O)CC1. The van der Waals surface area contributed by atoms with E-state index in [0.717, 1.165) is 36.6 Å². The molecule has 0 aliphatic heterocycles. The van der Waals surface area contributed by atoms with Gasteiger partial charge in [0.05, 0.1) is 17.8 Å². The number of nitrogens with zero attached hydrogens (tertiary/aromatic N) is 3. The molecule has 0 bridgehead atoms. The average Bonchev–Trinajstić information content (AvgIpc) is 3.06. The molecule has 2 aromatic rings. The number of nitrogens with two attached hydrogens (primary N) is 1. The number of carbonyl (C=O) groups is 1. The molecule has 1 aromatic carbocycles.